The van der Waals surface area contributed by atoms with E-state index in [4.69, 9.17) is 25.8 Å². The standard InChI is InChI=1S/C16H16ClNO4/c1-20-13-6-4-5-10(16(13)19)9-18-12-7-11(17)14(21-2)8-15(12)22-3/h4-9,19H,1-3H3. The van der Waals surface area contributed by atoms with Crippen LogP contribution in [-0.4, -0.2) is 32.7 Å². The molecule has 0 unspecified atom stereocenters. The minimum Gasteiger partial charge on any atom is -0.504 e. The molecule has 0 heterocycles. The minimum atomic E-state index is 0.0207. The molecule has 116 valence electrons. The normalized spacial score (nSPS) is 10.7. The number of aliphatic imine (C=N–C) groups is 1. The molecular formula is C16H16ClNO4. The van der Waals surface area contributed by atoms with Gasteiger partial charge in [0.05, 0.1) is 26.4 Å². The number of rotatable bonds is 5. The number of phenolic OH excluding ortho intramolecular Hbond substituents is 1. The Hall–Kier alpha value is -2.40. The summed E-state index contributed by atoms with van der Waals surface area (Å²) in [6, 6.07) is 8.43. The number of aromatic hydroxyl groups is 1. The second-order valence-corrected chi connectivity index (χ2v) is 4.72. The molecule has 2 aromatic rings. The van der Waals surface area contributed by atoms with Gasteiger partial charge in [0.1, 0.15) is 17.2 Å². The number of halogens is 1. The predicted molar refractivity (Wildman–Crippen MR) is 86.5 cm³/mol. The first-order valence-corrected chi connectivity index (χ1v) is 6.80. The van der Waals surface area contributed by atoms with E-state index in [9.17, 15) is 5.11 Å². The Balaban J connectivity index is 2.40. The lowest BCUT2D eigenvalue weighted by Gasteiger charge is -2.09. The zero-order chi connectivity index (χ0) is 16.1. The first kappa shape index (κ1) is 16.0. The number of hydrogen-bond donors (Lipinski definition) is 1. The maximum atomic E-state index is 10.0. The van der Waals surface area contributed by atoms with Gasteiger partial charge in [0.15, 0.2) is 11.5 Å². The molecule has 6 heteroatoms. The quantitative estimate of drug-likeness (QED) is 0.850. The topological polar surface area (TPSA) is 60.3 Å². The molecule has 0 radical (unpaired) electrons. The summed E-state index contributed by atoms with van der Waals surface area (Å²) in [5, 5.41) is 10.5. The van der Waals surface area contributed by atoms with Gasteiger partial charge in [0, 0.05) is 17.8 Å². The zero-order valence-corrected chi connectivity index (χ0v) is 13.2. The molecule has 0 saturated carbocycles. The summed E-state index contributed by atoms with van der Waals surface area (Å²) in [4.78, 5) is 4.31. The summed E-state index contributed by atoms with van der Waals surface area (Å²) in [6.07, 6.45) is 1.51. The van der Waals surface area contributed by atoms with Crippen molar-refractivity contribution in [2.24, 2.45) is 4.99 Å². The van der Waals surface area contributed by atoms with E-state index in [-0.39, 0.29) is 5.75 Å². The number of hydrogen-bond acceptors (Lipinski definition) is 5. The van der Waals surface area contributed by atoms with E-state index in [1.165, 1.54) is 27.5 Å². The largest absolute Gasteiger partial charge is 0.504 e. The average molecular weight is 322 g/mol. The summed E-state index contributed by atoms with van der Waals surface area (Å²) in [5.74, 6) is 1.41. The van der Waals surface area contributed by atoms with Crippen molar-refractivity contribution in [1.82, 2.24) is 0 Å². The van der Waals surface area contributed by atoms with E-state index in [1.54, 1.807) is 30.3 Å². The molecule has 2 aromatic carbocycles. The SMILES string of the molecule is COc1cc(OC)c(N=Cc2cccc(OC)c2O)cc1Cl. The maximum absolute atomic E-state index is 10.0. The Labute approximate surface area is 133 Å². The smallest absolute Gasteiger partial charge is 0.166 e. The second kappa shape index (κ2) is 7.04. The third-order valence-electron chi connectivity index (χ3n) is 3.05. The molecule has 0 atom stereocenters. The fourth-order valence-electron chi connectivity index (χ4n) is 1.89. The molecule has 0 amide bonds. The Morgan fingerprint density at radius 3 is 2.32 bits per heavy atom. The molecule has 0 aliphatic heterocycles. The van der Waals surface area contributed by atoms with Crippen LogP contribution in [0.3, 0.4) is 0 Å². The molecule has 0 saturated heterocycles. The molecule has 5 nitrogen and oxygen atoms in total. The Kier molecular flexibility index (Phi) is 5.12. The monoisotopic (exact) mass is 321 g/mol. The third-order valence-corrected chi connectivity index (χ3v) is 3.34. The Bertz CT molecular complexity index is 701. The van der Waals surface area contributed by atoms with Crippen LogP contribution in [-0.2, 0) is 0 Å². The summed E-state index contributed by atoms with van der Waals surface area (Å²) in [6.45, 7) is 0. The summed E-state index contributed by atoms with van der Waals surface area (Å²) in [7, 11) is 4.55. The molecule has 0 aliphatic rings. The second-order valence-electron chi connectivity index (χ2n) is 4.31. The number of ether oxygens (including phenoxy) is 3. The van der Waals surface area contributed by atoms with Crippen molar-refractivity contribution in [1.29, 1.82) is 0 Å². The van der Waals surface area contributed by atoms with Crippen LogP contribution in [0.25, 0.3) is 0 Å². The van der Waals surface area contributed by atoms with Gasteiger partial charge in [-0.3, -0.25) is 4.99 Å². The van der Waals surface area contributed by atoms with Gasteiger partial charge in [0.2, 0.25) is 0 Å². The van der Waals surface area contributed by atoms with Crippen LogP contribution >= 0.6 is 11.6 Å². The fraction of sp³-hybridized carbons (Fsp3) is 0.188. The number of benzene rings is 2. The van der Waals surface area contributed by atoms with E-state index in [2.05, 4.69) is 4.99 Å². The molecule has 2 rings (SSSR count). The number of para-hydroxylation sites is 1. The van der Waals surface area contributed by atoms with Crippen molar-refractivity contribution in [2.75, 3.05) is 21.3 Å². The zero-order valence-electron chi connectivity index (χ0n) is 12.5. The van der Waals surface area contributed by atoms with E-state index in [0.717, 1.165) is 0 Å². The van der Waals surface area contributed by atoms with Crippen molar-refractivity contribution in [3.8, 4) is 23.0 Å². The van der Waals surface area contributed by atoms with E-state index in [0.29, 0.717) is 33.5 Å². The molecule has 0 aromatic heterocycles. The third kappa shape index (κ3) is 3.26. The van der Waals surface area contributed by atoms with Gasteiger partial charge in [-0.2, -0.15) is 0 Å². The van der Waals surface area contributed by atoms with E-state index >= 15 is 0 Å². The van der Waals surface area contributed by atoms with Gasteiger partial charge >= 0.3 is 0 Å². The van der Waals surface area contributed by atoms with Gasteiger partial charge in [-0.05, 0) is 18.2 Å². The number of nitrogens with zero attached hydrogens (tertiary/aromatic N) is 1. The number of phenols is 1. The van der Waals surface area contributed by atoms with Crippen molar-refractivity contribution in [3.05, 3.63) is 40.9 Å². The van der Waals surface area contributed by atoms with Crippen molar-refractivity contribution in [3.63, 3.8) is 0 Å². The van der Waals surface area contributed by atoms with Crippen LogP contribution in [0.2, 0.25) is 5.02 Å². The first-order chi connectivity index (χ1) is 10.6. The lowest BCUT2D eigenvalue weighted by molar-refractivity contribution is 0.373. The van der Waals surface area contributed by atoms with Gasteiger partial charge in [-0.25, -0.2) is 0 Å². The van der Waals surface area contributed by atoms with Crippen molar-refractivity contribution >= 4 is 23.5 Å². The highest BCUT2D eigenvalue weighted by atomic mass is 35.5. The molecule has 0 bridgehead atoms. The lowest BCUT2D eigenvalue weighted by Crippen LogP contribution is -1.90. The summed E-state index contributed by atoms with van der Waals surface area (Å²) >= 11 is 6.10. The molecule has 22 heavy (non-hydrogen) atoms. The summed E-state index contributed by atoms with van der Waals surface area (Å²) < 4.78 is 15.5. The van der Waals surface area contributed by atoms with E-state index in [1.807, 2.05) is 0 Å². The fourth-order valence-corrected chi connectivity index (χ4v) is 2.13. The van der Waals surface area contributed by atoms with E-state index < -0.39 is 0 Å². The molecular weight excluding hydrogens is 306 g/mol. The molecule has 1 N–H and O–H groups in total. The molecule has 0 spiro atoms. The lowest BCUT2D eigenvalue weighted by atomic mass is 10.2. The minimum absolute atomic E-state index is 0.0207. The van der Waals surface area contributed by atoms with Gasteiger partial charge in [0.25, 0.3) is 0 Å². The Morgan fingerprint density at radius 1 is 1.00 bits per heavy atom. The van der Waals surface area contributed by atoms with Crippen LogP contribution in [0, 0.1) is 0 Å². The van der Waals surface area contributed by atoms with Crippen LogP contribution in [0.4, 0.5) is 5.69 Å². The highest BCUT2D eigenvalue weighted by Crippen LogP contribution is 2.38. The van der Waals surface area contributed by atoms with Gasteiger partial charge in [-0.15, -0.1) is 0 Å². The maximum Gasteiger partial charge on any atom is 0.166 e. The average Bonchev–Trinajstić information content (AvgIpc) is 2.54. The molecule has 0 aliphatic carbocycles. The predicted octanol–water partition coefficient (Wildman–Crippen LogP) is 3.82. The van der Waals surface area contributed by atoms with Crippen molar-refractivity contribution in [2.45, 2.75) is 0 Å². The summed E-state index contributed by atoms with van der Waals surface area (Å²) in [5.41, 5.74) is 1.05. The van der Waals surface area contributed by atoms with Crippen LogP contribution < -0.4 is 14.2 Å². The van der Waals surface area contributed by atoms with Crippen LogP contribution in [0.15, 0.2) is 35.3 Å². The van der Waals surface area contributed by atoms with Crippen LogP contribution in [0.1, 0.15) is 5.56 Å². The first-order valence-electron chi connectivity index (χ1n) is 6.42. The van der Waals surface area contributed by atoms with Crippen molar-refractivity contribution < 1.29 is 19.3 Å². The number of methoxy groups -OCH3 is 3. The molecule has 0 fully saturated rings. The highest BCUT2D eigenvalue weighted by molar-refractivity contribution is 6.32. The Morgan fingerprint density at radius 2 is 1.68 bits per heavy atom. The van der Waals surface area contributed by atoms with Crippen LogP contribution in [0.5, 0.6) is 23.0 Å². The van der Waals surface area contributed by atoms with Gasteiger partial charge < -0.3 is 19.3 Å². The van der Waals surface area contributed by atoms with Gasteiger partial charge in [-0.1, -0.05) is 17.7 Å². The highest BCUT2D eigenvalue weighted by Gasteiger charge is 2.10.